The van der Waals surface area contributed by atoms with Crippen LogP contribution in [-0.4, -0.2) is 96.9 Å². The first-order valence-electron chi connectivity index (χ1n) is 17.3. The van der Waals surface area contributed by atoms with Crippen LogP contribution in [-0.2, 0) is 36.8 Å². The van der Waals surface area contributed by atoms with Gasteiger partial charge in [0, 0.05) is 32.1 Å². The fraction of sp³-hybridized carbons (Fsp3) is 0.410. The molecule has 0 saturated carbocycles. The predicted octanol–water partition coefficient (Wildman–Crippen LogP) is 2.78. The summed E-state index contributed by atoms with van der Waals surface area (Å²) in [5.41, 5.74) is 3.11. The summed E-state index contributed by atoms with van der Waals surface area (Å²) in [6.07, 6.45) is -1.14. The highest BCUT2D eigenvalue weighted by atomic mass is 19.1. The summed E-state index contributed by atoms with van der Waals surface area (Å²) in [6, 6.07) is 19.3. The summed E-state index contributed by atoms with van der Waals surface area (Å²) >= 11 is 0. The van der Waals surface area contributed by atoms with Crippen molar-refractivity contribution in [2.75, 3.05) is 33.2 Å². The Balaban J connectivity index is 1.45. The first kappa shape index (κ1) is 37.2. The van der Waals surface area contributed by atoms with Gasteiger partial charge in [-0.2, -0.15) is 0 Å². The van der Waals surface area contributed by atoms with Gasteiger partial charge in [-0.1, -0.05) is 74.5 Å². The minimum absolute atomic E-state index is 0.0343. The average molecular weight is 700 g/mol. The molecule has 0 aliphatic carbocycles. The zero-order valence-electron chi connectivity index (χ0n) is 29.5. The predicted molar refractivity (Wildman–Crippen MR) is 189 cm³/mol. The molecule has 2 heterocycles. The van der Waals surface area contributed by atoms with E-state index in [9.17, 15) is 28.4 Å². The second-order valence-corrected chi connectivity index (χ2v) is 13.8. The smallest absolute Gasteiger partial charge is 0.254 e. The van der Waals surface area contributed by atoms with Crippen molar-refractivity contribution in [3.63, 3.8) is 0 Å². The van der Waals surface area contributed by atoms with Crippen molar-refractivity contribution < 1.29 is 33.1 Å². The lowest BCUT2D eigenvalue weighted by Gasteiger charge is -2.38. The molecule has 11 nitrogen and oxygen atoms in total. The fourth-order valence-corrected chi connectivity index (χ4v) is 6.44. The van der Waals surface area contributed by atoms with Crippen LogP contribution in [0.15, 0.2) is 72.8 Å². The number of carbonyl (C=O) groups excluding carboxylic acids is 5. The molecule has 3 aromatic rings. The van der Waals surface area contributed by atoms with Crippen LogP contribution in [0.4, 0.5) is 4.39 Å². The Bertz CT molecular complexity index is 1750. The average Bonchev–Trinajstić information content (AvgIpc) is 3.11. The van der Waals surface area contributed by atoms with Crippen LogP contribution in [0.1, 0.15) is 52.9 Å². The third-order valence-electron chi connectivity index (χ3n) is 9.14. The van der Waals surface area contributed by atoms with Gasteiger partial charge in [0.15, 0.2) is 6.10 Å². The Morgan fingerprint density at radius 1 is 0.902 bits per heavy atom. The van der Waals surface area contributed by atoms with Crippen LogP contribution < -0.4 is 16.0 Å². The molecule has 5 amide bonds. The van der Waals surface area contributed by atoms with Crippen molar-refractivity contribution in [3.8, 4) is 0 Å². The highest BCUT2D eigenvalue weighted by Gasteiger charge is 2.38. The van der Waals surface area contributed by atoms with Gasteiger partial charge in [0.25, 0.3) is 11.8 Å². The van der Waals surface area contributed by atoms with Crippen LogP contribution in [0, 0.1) is 18.7 Å². The number of likely N-dealkylation sites (N-methyl/N-ethyl adjacent to an activating group) is 1. The van der Waals surface area contributed by atoms with Gasteiger partial charge < -0.3 is 30.5 Å². The van der Waals surface area contributed by atoms with E-state index < -0.39 is 47.9 Å². The number of amides is 5. The SMILES string of the molecule is Cc1ccc(Cc2ccccc2C(=O)N2C[C@H]3CNC(=O)[C@H](CC(C)C)NC(=O)CN(C)C(=O)[C@@H](Cc4ccccc4)NC(=O)[C@@H](C2)O3)cc1F. The summed E-state index contributed by atoms with van der Waals surface area (Å²) in [6.45, 7) is 5.15. The highest BCUT2D eigenvalue weighted by Crippen LogP contribution is 2.22. The number of halogens is 1. The quantitative estimate of drug-likeness (QED) is 0.347. The Morgan fingerprint density at radius 2 is 1.63 bits per heavy atom. The molecule has 51 heavy (non-hydrogen) atoms. The van der Waals surface area contributed by atoms with Crippen molar-refractivity contribution in [2.24, 2.45) is 5.92 Å². The number of rotatable bonds is 7. The molecule has 3 N–H and O–H groups in total. The van der Waals surface area contributed by atoms with Gasteiger partial charge >= 0.3 is 0 Å². The van der Waals surface area contributed by atoms with Gasteiger partial charge in [0.2, 0.25) is 17.7 Å². The van der Waals surface area contributed by atoms with E-state index in [1.807, 2.05) is 62.4 Å². The molecule has 0 radical (unpaired) electrons. The minimum Gasteiger partial charge on any atom is -0.360 e. The highest BCUT2D eigenvalue weighted by molar-refractivity contribution is 5.97. The second kappa shape index (κ2) is 16.7. The lowest BCUT2D eigenvalue weighted by atomic mass is 9.97. The number of ether oxygens (including phenoxy) is 1. The van der Waals surface area contributed by atoms with Crippen LogP contribution in [0.25, 0.3) is 0 Å². The van der Waals surface area contributed by atoms with Gasteiger partial charge in [-0.25, -0.2) is 4.39 Å². The van der Waals surface area contributed by atoms with Gasteiger partial charge in [0.1, 0.15) is 17.9 Å². The van der Waals surface area contributed by atoms with E-state index in [1.54, 1.807) is 25.1 Å². The number of nitrogens with zero attached hydrogens (tertiary/aromatic N) is 2. The number of hydrogen-bond donors (Lipinski definition) is 3. The van der Waals surface area contributed by atoms with E-state index in [0.29, 0.717) is 35.1 Å². The van der Waals surface area contributed by atoms with Crippen molar-refractivity contribution >= 4 is 29.5 Å². The lowest BCUT2D eigenvalue weighted by Crippen LogP contribution is -2.59. The Labute approximate surface area is 297 Å². The Hall–Kier alpha value is -5.10. The van der Waals surface area contributed by atoms with Crippen LogP contribution >= 0.6 is 0 Å². The zero-order chi connectivity index (χ0) is 36.7. The molecular weight excluding hydrogens is 653 g/mol. The fourth-order valence-electron chi connectivity index (χ4n) is 6.44. The number of aryl methyl sites for hydroxylation is 1. The molecule has 3 aromatic carbocycles. The van der Waals surface area contributed by atoms with Crippen LogP contribution in [0.3, 0.4) is 0 Å². The molecule has 2 saturated heterocycles. The molecule has 2 aliphatic rings. The maximum atomic E-state index is 14.4. The molecule has 2 bridgehead atoms. The van der Waals surface area contributed by atoms with Gasteiger partial charge in [-0.15, -0.1) is 0 Å². The molecule has 12 heteroatoms. The maximum absolute atomic E-state index is 14.4. The van der Waals surface area contributed by atoms with Crippen molar-refractivity contribution in [1.82, 2.24) is 25.8 Å². The van der Waals surface area contributed by atoms with E-state index in [-0.39, 0.29) is 50.2 Å². The van der Waals surface area contributed by atoms with E-state index in [0.717, 1.165) is 5.56 Å². The molecule has 0 aromatic heterocycles. The molecule has 5 rings (SSSR count). The van der Waals surface area contributed by atoms with Crippen molar-refractivity contribution in [1.29, 1.82) is 0 Å². The molecule has 4 atom stereocenters. The molecule has 0 spiro atoms. The molecular formula is C39H46FN5O6. The topological polar surface area (TPSA) is 137 Å². The standard InChI is InChI=1S/C39H46FN5O6/c1-24(2)16-32-36(47)41-20-29-21-45(38(49)30-13-9-8-12-28(30)17-27-15-14-25(3)31(40)18-27)22-34(51-29)37(48)43-33(19-26-10-6-5-7-11-26)39(50)44(4)23-35(46)42-32/h5-15,18,24,29,32-34H,16-17,19-23H2,1-4H3,(H,41,47)(H,42,46)(H,43,48)/t29-,32+,33-,34-/m1/s1. The number of nitrogens with one attached hydrogen (secondary N) is 3. The van der Waals surface area contributed by atoms with Crippen molar-refractivity contribution in [2.45, 2.75) is 64.3 Å². The number of carbonyl (C=O) groups is 5. The Kier molecular flexibility index (Phi) is 12.2. The van der Waals surface area contributed by atoms with Crippen LogP contribution in [0.2, 0.25) is 0 Å². The molecule has 2 fully saturated rings. The summed E-state index contributed by atoms with van der Waals surface area (Å²) in [5, 5.41) is 8.45. The second-order valence-electron chi connectivity index (χ2n) is 13.8. The number of hydrogen-bond acceptors (Lipinski definition) is 6. The lowest BCUT2D eigenvalue weighted by molar-refractivity contribution is -0.148. The van der Waals surface area contributed by atoms with Gasteiger partial charge in [-0.3, -0.25) is 24.0 Å². The number of benzene rings is 3. The van der Waals surface area contributed by atoms with Crippen molar-refractivity contribution in [3.05, 3.63) is 106 Å². The minimum atomic E-state index is -1.17. The van der Waals surface area contributed by atoms with E-state index in [2.05, 4.69) is 16.0 Å². The summed E-state index contributed by atoms with van der Waals surface area (Å²) in [5.74, 6) is -2.66. The van der Waals surface area contributed by atoms with E-state index >= 15 is 0 Å². The maximum Gasteiger partial charge on any atom is 0.254 e. The number of morpholine rings is 1. The van der Waals surface area contributed by atoms with Crippen LogP contribution in [0.5, 0.6) is 0 Å². The molecule has 2 aliphatic heterocycles. The third-order valence-corrected chi connectivity index (χ3v) is 9.14. The first-order chi connectivity index (χ1) is 24.4. The van der Waals surface area contributed by atoms with Gasteiger partial charge in [0.05, 0.1) is 19.2 Å². The number of fused-ring (bicyclic) bond motifs is 2. The molecule has 270 valence electrons. The summed E-state index contributed by atoms with van der Waals surface area (Å²) in [7, 11) is 1.47. The zero-order valence-corrected chi connectivity index (χ0v) is 29.5. The van der Waals surface area contributed by atoms with Gasteiger partial charge in [-0.05, 0) is 60.1 Å². The summed E-state index contributed by atoms with van der Waals surface area (Å²) < 4.78 is 20.6. The normalized spacial score (nSPS) is 22.1. The monoisotopic (exact) mass is 699 g/mol. The first-order valence-corrected chi connectivity index (χ1v) is 17.3. The van der Waals surface area contributed by atoms with E-state index in [1.165, 1.54) is 22.9 Å². The van der Waals surface area contributed by atoms with E-state index in [4.69, 9.17) is 4.74 Å². The largest absolute Gasteiger partial charge is 0.360 e. The molecule has 0 unspecified atom stereocenters. The third kappa shape index (κ3) is 9.78. The Morgan fingerprint density at radius 3 is 2.35 bits per heavy atom. The summed E-state index contributed by atoms with van der Waals surface area (Å²) in [4.78, 5) is 71.2.